The molecule has 0 heterocycles. The summed E-state index contributed by atoms with van der Waals surface area (Å²) in [5.74, 6) is 0.715. The molecule has 1 aromatic carbocycles. The first-order valence-electron chi connectivity index (χ1n) is 9.53. The molecule has 3 atom stereocenters. The van der Waals surface area contributed by atoms with Gasteiger partial charge in [-0.2, -0.15) is 0 Å². The van der Waals surface area contributed by atoms with Crippen LogP contribution in [0.4, 0.5) is 0 Å². The molecule has 1 aliphatic carbocycles. The molecule has 2 rings (SSSR count). The Bertz CT molecular complexity index is 638. The highest BCUT2D eigenvalue weighted by Crippen LogP contribution is 2.31. The van der Waals surface area contributed by atoms with Crippen molar-refractivity contribution in [3.8, 4) is 11.5 Å². The summed E-state index contributed by atoms with van der Waals surface area (Å²) in [4.78, 5) is 27.3. The van der Waals surface area contributed by atoms with Gasteiger partial charge in [0, 0.05) is 24.2 Å². The van der Waals surface area contributed by atoms with Gasteiger partial charge in [-0.1, -0.05) is 26.7 Å². The average Bonchev–Trinajstić information content (AvgIpc) is 2.70. The Morgan fingerprint density at radius 3 is 2.19 bits per heavy atom. The van der Waals surface area contributed by atoms with Crippen molar-refractivity contribution in [1.82, 2.24) is 4.90 Å². The van der Waals surface area contributed by atoms with Crippen LogP contribution in [0.15, 0.2) is 18.2 Å². The molecule has 1 amide bonds. The van der Waals surface area contributed by atoms with Crippen molar-refractivity contribution < 1.29 is 23.8 Å². The first kappa shape index (κ1) is 21.1. The zero-order valence-corrected chi connectivity index (χ0v) is 17.0. The molecule has 6 nitrogen and oxygen atoms in total. The molecular formula is C21H31NO5. The Morgan fingerprint density at radius 2 is 1.67 bits per heavy atom. The van der Waals surface area contributed by atoms with Crippen LogP contribution in [0.25, 0.3) is 0 Å². The first-order valence-corrected chi connectivity index (χ1v) is 9.53. The minimum Gasteiger partial charge on any atom is -0.497 e. The summed E-state index contributed by atoms with van der Waals surface area (Å²) in [6.45, 7) is 4.31. The van der Waals surface area contributed by atoms with E-state index < -0.39 is 0 Å². The van der Waals surface area contributed by atoms with Gasteiger partial charge in [0.2, 0.25) is 0 Å². The van der Waals surface area contributed by atoms with Gasteiger partial charge in [-0.25, -0.2) is 0 Å². The lowest BCUT2D eigenvalue weighted by molar-refractivity contribution is -0.145. The van der Waals surface area contributed by atoms with E-state index in [1.165, 1.54) is 13.5 Å². The molecule has 0 aromatic heterocycles. The molecule has 0 radical (unpaired) electrons. The Balaban J connectivity index is 2.36. The number of benzene rings is 1. The summed E-state index contributed by atoms with van der Waals surface area (Å²) in [6.07, 6.45) is 4.30. The summed E-state index contributed by atoms with van der Waals surface area (Å²) in [5, 5.41) is 0. The fourth-order valence-electron chi connectivity index (χ4n) is 3.80. The molecule has 0 saturated heterocycles. The Labute approximate surface area is 161 Å². The van der Waals surface area contributed by atoms with Crippen LogP contribution in [0.3, 0.4) is 0 Å². The second-order valence-corrected chi connectivity index (χ2v) is 7.31. The highest BCUT2D eigenvalue weighted by atomic mass is 16.5. The van der Waals surface area contributed by atoms with Crippen molar-refractivity contribution in [2.45, 2.75) is 45.6 Å². The van der Waals surface area contributed by atoms with Gasteiger partial charge < -0.3 is 19.1 Å². The van der Waals surface area contributed by atoms with E-state index in [4.69, 9.17) is 14.2 Å². The summed E-state index contributed by atoms with van der Waals surface area (Å²) in [6, 6.07) is 5.28. The van der Waals surface area contributed by atoms with Gasteiger partial charge in [0.15, 0.2) is 0 Å². The smallest absolute Gasteiger partial charge is 0.310 e. The Kier molecular flexibility index (Phi) is 7.51. The Morgan fingerprint density at radius 1 is 1.07 bits per heavy atom. The van der Waals surface area contributed by atoms with Crippen LogP contribution in [0, 0.1) is 11.8 Å². The second kappa shape index (κ2) is 9.62. The molecule has 3 unspecified atom stereocenters. The molecule has 1 aliphatic rings. The lowest BCUT2D eigenvalue weighted by Gasteiger charge is -2.39. The van der Waals surface area contributed by atoms with E-state index in [-0.39, 0.29) is 23.8 Å². The van der Waals surface area contributed by atoms with E-state index in [0.29, 0.717) is 29.5 Å². The SMILES string of the molecule is COC(=O)C(C)CN(C(=O)c1cc(OC)cc(OC)c1)C1CCCCC1C. The maximum absolute atomic E-state index is 13.4. The molecule has 27 heavy (non-hydrogen) atoms. The fraction of sp³-hybridized carbons (Fsp3) is 0.619. The molecule has 1 saturated carbocycles. The molecule has 0 spiro atoms. The number of hydrogen-bond donors (Lipinski definition) is 0. The van der Waals surface area contributed by atoms with Crippen molar-refractivity contribution in [2.75, 3.05) is 27.9 Å². The zero-order chi connectivity index (χ0) is 20.0. The largest absolute Gasteiger partial charge is 0.497 e. The summed E-state index contributed by atoms with van der Waals surface area (Å²) >= 11 is 0. The quantitative estimate of drug-likeness (QED) is 0.680. The van der Waals surface area contributed by atoms with Gasteiger partial charge in [0.25, 0.3) is 5.91 Å². The maximum Gasteiger partial charge on any atom is 0.310 e. The van der Waals surface area contributed by atoms with Gasteiger partial charge in [-0.05, 0) is 30.9 Å². The Hall–Kier alpha value is -2.24. The van der Waals surface area contributed by atoms with Crippen molar-refractivity contribution in [2.24, 2.45) is 11.8 Å². The van der Waals surface area contributed by atoms with Gasteiger partial charge in [-0.15, -0.1) is 0 Å². The molecule has 6 heteroatoms. The van der Waals surface area contributed by atoms with Crippen molar-refractivity contribution in [1.29, 1.82) is 0 Å². The summed E-state index contributed by atoms with van der Waals surface area (Å²) in [5.41, 5.74) is 0.501. The number of ether oxygens (including phenoxy) is 3. The highest BCUT2D eigenvalue weighted by Gasteiger charge is 2.33. The lowest BCUT2D eigenvalue weighted by Crippen LogP contribution is -2.48. The predicted molar refractivity (Wildman–Crippen MR) is 103 cm³/mol. The third-order valence-electron chi connectivity index (χ3n) is 5.40. The van der Waals surface area contributed by atoms with Crippen LogP contribution in [-0.2, 0) is 9.53 Å². The number of hydrogen-bond acceptors (Lipinski definition) is 5. The molecule has 0 bridgehead atoms. The highest BCUT2D eigenvalue weighted by molar-refractivity contribution is 5.95. The van der Waals surface area contributed by atoms with E-state index in [2.05, 4.69) is 6.92 Å². The topological polar surface area (TPSA) is 65.1 Å². The maximum atomic E-state index is 13.4. The number of esters is 1. The van der Waals surface area contributed by atoms with Crippen LogP contribution in [0.2, 0.25) is 0 Å². The molecular weight excluding hydrogens is 346 g/mol. The zero-order valence-electron chi connectivity index (χ0n) is 17.0. The number of carbonyl (C=O) groups excluding carboxylic acids is 2. The van der Waals surface area contributed by atoms with Crippen LogP contribution in [0.1, 0.15) is 49.9 Å². The molecule has 1 fully saturated rings. The van der Waals surface area contributed by atoms with Gasteiger partial charge in [0.05, 0.1) is 27.2 Å². The van der Waals surface area contributed by atoms with E-state index in [9.17, 15) is 9.59 Å². The van der Waals surface area contributed by atoms with Crippen molar-refractivity contribution >= 4 is 11.9 Å². The van der Waals surface area contributed by atoms with Crippen molar-refractivity contribution in [3.05, 3.63) is 23.8 Å². The standard InChI is InChI=1S/C21H31NO5/c1-14-8-6-7-9-19(14)22(13-15(2)21(24)27-5)20(23)16-10-17(25-3)12-18(11-16)26-4/h10-12,14-15,19H,6-9,13H2,1-5H3. The predicted octanol–water partition coefficient (Wildman–Crippen LogP) is 3.53. The minimum absolute atomic E-state index is 0.107. The van der Waals surface area contributed by atoms with Gasteiger partial charge >= 0.3 is 5.97 Å². The summed E-state index contributed by atoms with van der Waals surface area (Å²) < 4.78 is 15.5. The lowest BCUT2D eigenvalue weighted by atomic mass is 9.84. The van der Waals surface area contributed by atoms with E-state index in [0.717, 1.165) is 19.3 Å². The van der Waals surface area contributed by atoms with Crippen LogP contribution in [0.5, 0.6) is 11.5 Å². The molecule has 0 N–H and O–H groups in total. The van der Waals surface area contributed by atoms with Crippen LogP contribution in [-0.4, -0.2) is 50.7 Å². The minimum atomic E-state index is -0.388. The average molecular weight is 377 g/mol. The number of nitrogens with zero attached hydrogens (tertiary/aromatic N) is 1. The van der Waals surface area contributed by atoms with Gasteiger partial charge in [0.1, 0.15) is 11.5 Å². The number of rotatable bonds is 7. The molecule has 150 valence electrons. The van der Waals surface area contributed by atoms with E-state index in [1.54, 1.807) is 39.3 Å². The van der Waals surface area contributed by atoms with E-state index in [1.807, 2.05) is 4.90 Å². The van der Waals surface area contributed by atoms with Crippen LogP contribution >= 0.6 is 0 Å². The fourth-order valence-corrected chi connectivity index (χ4v) is 3.80. The normalized spacial score (nSPS) is 20.5. The number of methoxy groups -OCH3 is 3. The first-order chi connectivity index (χ1) is 12.9. The monoisotopic (exact) mass is 377 g/mol. The van der Waals surface area contributed by atoms with E-state index >= 15 is 0 Å². The number of carbonyl (C=O) groups is 2. The van der Waals surface area contributed by atoms with Crippen molar-refractivity contribution in [3.63, 3.8) is 0 Å². The third-order valence-corrected chi connectivity index (χ3v) is 5.40. The van der Waals surface area contributed by atoms with Crippen LogP contribution < -0.4 is 9.47 Å². The third kappa shape index (κ3) is 5.15. The molecule has 1 aromatic rings. The molecule has 0 aliphatic heterocycles. The second-order valence-electron chi connectivity index (χ2n) is 7.31. The summed E-state index contributed by atoms with van der Waals surface area (Å²) in [7, 11) is 4.49. The number of amides is 1. The van der Waals surface area contributed by atoms with Gasteiger partial charge in [-0.3, -0.25) is 9.59 Å².